The monoisotopic (exact) mass is 341 g/mol. The predicted octanol–water partition coefficient (Wildman–Crippen LogP) is 4.62. The van der Waals surface area contributed by atoms with E-state index in [4.69, 9.17) is 16.1 Å². The first kappa shape index (κ1) is 15.1. The van der Waals surface area contributed by atoms with Crippen molar-refractivity contribution in [2.45, 2.75) is 32.6 Å². The standard InChI is InChI=1S/C18H16ClN3O2/c1-9-7-12(19)5-6-14(9)20-17(23)13-8-15(11-3-4-11)21-18-16(13)10(2)22-24-18/h5-8,11H,3-4H2,1-2H3,(H,20,23). The van der Waals surface area contributed by atoms with Gasteiger partial charge < -0.3 is 9.84 Å². The third kappa shape index (κ3) is 2.65. The van der Waals surface area contributed by atoms with Crippen LogP contribution < -0.4 is 5.32 Å². The molecule has 0 atom stereocenters. The highest BCUT2D eigenvalue weighted by molar-refractivity contribution is 6.30. The minimum atomic E-state index is -0.193. The van der Waals surface area contributed by atoms with Crippen LogP contribution >= 0.6 is 11.6 Å². The molecule has 0 unspecified atom stereocenters. The first-order valence-corrected chi connectivity index (χ1v) is 8.25. The number of carbonyl (C=O) groups is 1. The highest BCUT2D eigenvalue weighted by Gasteiger charge is 2.28. The maximum absolute atomic E-state index is 12.9. The molecule has 0 radical (unpaired) electrons. The van der Waals surface area contributed by atoms with Gasteiger partial charge in [-0.15, -0.1) is 0 Å². The van der Waals surface area contributed by atoms with Crippen molar-refractivity contribution in [3.63, 3.8) is 0 Å². The van der Waals surface area contributed by atoms with Crippen LogP contribution in [0.1, 0.15) is 46.1 Å². The molecule has 24 heavy (non-hydrogen) atoms. The van der Waals surface area contributed by atoms with E-state index in [1.54, 1.807) is 12.1 Å². The van der Waals surface area contributed by atoms with Crippen molar-refractivity contribution in [3.8, 4) is 0 Å². The van der Waals surface area contributed by atoms with Crippen molar-refractivity contribution in [1.29, 1.82) is 0 Å². The first-order chi connectivity index (χ1) is 11.5. The topological polar surface area (TPSA) is 68.0 Å². The van der Waals surface area contributed by atoms with Gasteiger partial charge in [0.1, 0.15) is 0 Å². The molecule has 1 saturated carbocycles. The fraction of sp³-hybridized carbons (Fsp3) is 0.278. The Bertz CT molecular complexity index is 960. The summed E-state index contributed by atoms with van der Waals surface area (Å²) in [4.78, 5) is 17.4. The van der Waals surface area contributed by atoms with Crippen molar-refractivity contribution < 1.29 is 9.32 Å². The Morgan fingerprint density at radius 2 is 2.08 bits per heavy atom. The SMILES string of the molecule is Cc1cc(Cl)ccc1NC(=O)c1cc(C2CC2)nc2onc(C)c12. The Hall–Kier alpha value is -2.40. The van der Waals surface area contributed by atoms with Gasteiger partial charge in [0.15, 0.2) is 0 Å². The van der Waals surface area contributed by atoms with Crippen LogP contribution in [0.25, 0.3) is 11.1 Å². The average molecular weight is 342 g/mol. The summed E-state index contributed by atoms with van der Waals surface area (Å²) < 4.78 is 5.29. The molecule has 1 amide bonds. The van der Waals surface area contributed by atoms with Gasteiger partial charge in [0.25, 0.3) is 11.6 Å². The van der Waals surface area contributed by atoms with Crippen molar-refractivity contribution >= 4 is 34.3 Å². The Morgan fingerprint density at radius 3 is 2.79 bits per heavy atom. The molecule has 0 aliphatic heterocycles. The van der Waals surface area contributed by atoms with Crippen molar-refractivity contribution in [1.82, 2.24) is 10.1 Å². The Balaban J connectivity index is 1.76. The molecule has 6 heteroatoms. The summed E-state index contributed by atoms with van der Waals surface area (Å²) >= 11 is 5.98. The van der Waals surface area contributed by atoms with Crippen LogP contribution in [-0.2, 0) is 0 Å². The van der Waals surface area contributed by atoms with Crippen LogP contribution in [0, 0.1) is 13.8 Å². The molecule has 1 aliphatic rings. The zero-order valence-electron chi connectivity index (χ0n) is 13.4. The van der Waals surface area contributed by atoms with Crippen LogP contribution in [0.4, 0.5) is 5.69 Å². The fourth-order valence-corrected chi connectivity index (χ4v) is 3.06. The predicted molar refractivity (Wildman–Crippen MR) is 92.7 cm³/mol. The quantitative estimate of drug-likeness (QED) is 0.754. The minimum absolute atomic E-state index is 0.193. The van der Waals surface area contributed by atoms with Crippen LogP contribution in [0.3, 0.4) is 0 Å². The van der Waals surface area contributed by atoms with E-state index < -0.39 is 0 Å². The van der Waals surface area contributed by atoms with E-state index in [1.807, 2.05) is 26.0 Å². The lowest BCUT2D eigenvalue weighted by Gasteiger charge is -2.10. The molecule has 122 valence electrons. The smallest absolute Gasteiger partial charge is 0.259 e. The van der Waals surface area contributed by atoms with Crippen molar-refractivity contribution in [2.24, 2.45) is 0 Å². The number of amides is 1. The van der Waals surface area contributed by atoms with Gasteiger partial charge in [0.2, 0.25) is 0 Å². The molecule has 2 heterocycles. The number of hydrogen-bond acceptors (Lipinski definition) is 4. The summed E-state index contributed by atoms with van der Waals surface area (Å²) in [5, 5.41) is 8.23. The zero-order chi connectivity index (χ0) is 16.8. The van der Waals surface area contributed by atoms with Gasteiger partial charge in [0.05, 0.1) is 16.6 Å². The lowest BCUT2D eigenvalue weighted by molar-refractivity contribution is 0.102. The van der Waals surface area contributed by atoms with E-state index in [2.05, 4.69) is 15.5 Å². The second-order valence-electron chi connectivity index (χ2n) is 6.23. The lowest BCUT2D eigenvalue weighted by atomic mass is 10.1. The first-order valence-electron chi connectivity index (χ1n) is 7.87. The molecule has 1 aliphatic carbocycles. The third-order valence-corrected chi connectivity index (χ3v) is 4.55. The normalized spacial score (nSPS) is 14.1. The number of aromatic nitrogens is 2. The van der Waals surface area contributed by atoms with Crippen molar-refractivity contribution in [2.75, 3.05) is 5.32 Å². The Kier molecular flexibility index (Phi) is 3.53. The third-order valence-electron chi connectivity index (χ3n) is 4.31. The molecule has 0 bridgehead atoms. The summed E-state index contributed by atoms with van der Waals surface area (Å²) in [5.74, 6) is 0.227. The largest absolute Gasteiger partial charge is 0.336 e. The van der Waals surface area contributed by atoms with Crippen LogP contribution in [0.15, 0.2) is 28.8 Å². The molecule has 1 fully saturated rings. The van der Waals surface area contributed by atoms with Crippen molar-refractivity contribution in [3.05, 3.63) is 51.8 Å². The van der Waals surface area contributed by atoms with E-state index >= 15 is 0 Å². The van der Waals surface area contributed by atoms with Crippen LogP contribution in [0.5, 0.6) is 0 Å². The van der Waals surface area contributed by atoms with Crippen LogP contribution in [0.2, 0.25) is 5.02 Å². The molecular formula is C18H16ClN3O2. The molecule has 0 saturated heterocycles. The van der Waals surface area contributed by atoms with Gasteiger partial charge >= 0.3 is 0 Å². The highest BCUT2D eigenvalue weighted by atomic mass is 35.5. The number of benzene rings is 1. The number of rotatable bonds is 3. The number of aryl methyl sites for hydroxylation is 2. The van der Waals surface area contributed by atoms with Gasteiger partial charge in [-0.2, -0.15) is 0 Å². The summed E-state index contributed by atoms with van der Waals surface area (Å²) in [7, 11) is 0. The minimum Gasteiger partial charge on any atom is -0.336 e. The number of nitrogens with zero attached hydrogens (tertiary/aromatic N) is 2. The van der Waals surface area contributed by atoms with E-state index in [9.17, 15) is 4.79 Å². The second-order valence-corrected chi connectivity index (χ2v) is 6.67. The number of halogens is 1. The number of pyridine rings is 1. The van der Waals surface area contributed by atoms with E-state index in [-0.39, 0.29) is 5.91 Å². The fourth-order valence-electron chi connectivity index (χ4n) is 2.84. The molecule has 1 N–H and O–H groups in total. The zero-order valence-corrected chi connectivity index (χ0v) is 14.1. The summed E-state index contributed by atoms with van der Waals surface area (Å²) in [6.07, 6.45) is 2.20. The molecule has 5 nitrogen and oxygen atoms in total. The number of anilines is 1. The summed E-state index contributed by atoms with van der Waals surface area (Å²) in [6.45, 7) is 3.72. The molecule has 4 rings (SSSR count). The maximum Gasteiger partial charge on any atom is 0.259 e. The number of fused-ring (bicyclic) bond motifs is 1. The second kappa shape index (κ2) is 5.60. The number of carbonyl (C=O) groups excluding carboxylic acids is 1. The average Bonchev–Trinajstić information content (AvgIpc) is 3.33. The van der Waals surface area contributed by atoms with Crippen LogP contribution in [-0.4, -0.2) is 16.0 Å². The van der Waals surface area contributed by atoms with E-state index in [0.717, 1.165) is 29.8 Å². The molecule has 2 aromatic heterocycles. The van der Waals surface area contributed by atoms with Gasteiger partial charge in [0, 0.05) is 22.3 Å². The number of hydrogen-bond donors (Lipinski definition) is 1. The van der Waals surface area contributed by atoms with E-state index in [1.165, 1.54) is 0 Å². The Labute approximate surface area is 144 Å². The molecular weight excluding hydrogens is 326 g/mol. The molecule has 0 spiro atoms. The molecule has 1 aromatic carbocycles. The van der Waals surface area contributed by atoms with Gasteiger partial charge in [-0.1, -0.05) is 16.8 Å². The summed E-state index contributed by atoms with van der Waals surface area (Å²) in [6, 6.07) is 7.24. The Morgan fingerprint density at radius 1 is 1.29 bits per heavy atom. The summed E-state index contributed by atoms with van der Waals surface area (Å²) in [5.41, 5.74) is 4.18. The highest BCUT2D eigenvalue weighted by Crippen LogP contribution is 2.40. The van der Waals surface area contributed by atoms with Gasteiger partial charge in [-0.05, 0) is 56.5 Å². The molecule has 3 aromatic rings. The van der Waals surface area contributed by atoms with E-state index in [0.29, 0.717) is 33.3 Å². The maximum atomic E-state index is 12.9. The number of nitrogens with one attached hydrogen (secondary N) is 1. The van der Waals surface area contributed by atoms with Gasteiger partial charge in [-0.25, -0.2) is 4.98 Å². The lowest BCUT2D eigenvalue weighted by Crippen LogP contribution is -2.14. The van der Waals surface area contributed by atoms with Gasteiger partial charge in [-0.3, -0.25) is 4.79 Å².